The van der Waals surface area contributed by atoms with Gasteiger partial charge in [0.15, 0.2) is 5.16 Å². The third-order valence-corrected chi connectivity index (χ3v) is 6.10. The Morgan fingerprint density at radius 2 is 2.17 bits per heavy atom. The third kappa shape index (κ3) is 3.25. The van der Waals surface area contributed by atoms with Gasteiger partial charge in [0.2, 0.25) is 11.7 Å². The van der Waals surface area contributed by atoms with Crippen LogP contribution in [0, 0.1) is 6.92 Å². The molecule has 0 atom stereocenters. The molecule has 0 unspecified atom stereocenters. The van der Waals surface area contributed by atoms with E-state index in [2.05, 4.69) is 24.9 Å². The van der Waals surface area contributed by atoms with Gasteiger partial charge in [0, 0.05) is 6.04 Å². The second kappa shape index (κ2) is 7.06. The van der Waals surface area contributed by atoms with Crippen molar-refractivity contribution in [2.24, 2.45) is 0 Å². The smallest absolute Gasteiger partial charge is 0.237 e. The summed E-state index contributed by atoms with van der Waals surface area (Å²) in [6.45, 7) is 2.03. The fourth-order valence-electron chi connectivity index (χ4n) is 3.15. The number of thioether (sulfide) groups is 1. The number of aromatic nitrogens is 5. The molecule has 1 fully saturated rings. The monoisotopic (exact) mass is 361 g/mol. The van der Waals surface area contributed by atoms with E-state index in [9.17, 15) is 0 Å². The first-order valence-electron chi connectivity index (χ1n) is 8.22. The Morgan fingerprint density at radius 3 is 2.96 bits per heavy atom. The lowest BCUT2D eigenvalue weighted by atomic mass is 9.95. The van der Waals surface area contributed by atoms with E-state index in [1.807, 2.05) is 24.4 Å². The molecule has 0 bridgehead atoms. The molecule has 0 aliphatic heterocycles. The molecule has 1 saturated carbocycles. The summed E-state index contributed by atoms with van der Waals surface area (Å²) in [7, 11) is 0. The molecule has 1 aliphatic rings. The maximum atomic E-state index is 5.37. The van der Waals surface area contributed by atoms with Crippen LogP contribution in [-0.2, 0) is 5.75 Å². The minimum Gasteiger partial charge on any atom is -0.338 e. The number of hydrogen-bond donors (Lipinski definition) is 0. The maximum Gasteiger partial charge on any atom is 0.237 e. The van der Waals surface area contributed by atoms with Crippen LogP contribution < -0.4 is 0 Å². The van der Waals surface area contributed by atoms with Gasteiger partial charge in [-0.3, -0.25) is 0 Å². The molecule has 126 valence electrons. The second-order valence-electron chi connectivity index (χ2n) is 5.97. The van der Waals surface area contributed by atoms with Crippen LogP contribution in [0.2, 0.25) is 0 Å². The molecule has 8 heteroatoms. The fourth-order valence-corrected chi connectivity index (χ4v) is 4.69. The first-order valence-corrected chi connectivity index (χ1v) is 10.1. The highest BCUT2D eigenvalue weighted by molar-refractivity contribution is 7.98. The lowest BCUT2D eigenvalue weighted by Gasteiger charge is -2.24. The lowest BCUT2D eigenvalue weighted by molar-refractivity contribution is 0.331. The van der Waals surface area contributed by atoms with E-state index < -0.39 is 0 Å². The Labute approximate surface area is 148 Å². The summed E-state index contributed by atoms with van der Waals surface area (Å²) < 4.78 is 7.66. The minimum atomic E-state index is 0.528. The largest absolute Gasteiger partial charge is 0.338 e. The lowest BCUT2D eigenvalue weighted by Crippen LogP contribution is -2.15. The zero-order chi connectivity index (χ0) is 16.4. The third-order valence-electron chi connectivity index (χ3n) is 4.31. The molecule has 3 heterocycles. The number of nitrogens with zero attached hydrogens (tertiary/aromatic N) is 5. The second-order valence-corrected chi connectivity index (χ2v) is 7.86. The van der Waals surface area contributed by atoms with Crippen molar-refractivity contribution in [3.8, 4) is 10.7 Å². The van der Waals surface area contributed by atoms with Crippen molar-refractivity contribution in [2.45, 2.75) is 56.0 Å². The Bertz CT molecular complexity index is 789. The number of thiophene rings is 1. The zero-order valence-electron chi connectivity index (χ0n) is 13.5. The Kier molecular flexibility index (Phi) is 4.66. The van der Waals surface area contributed by atoms with Gasteiger partial charge < -0.3 is 9.09 Å². The quantitative estimate of drug-likeness (QED) is 0.623. The summed E-state index contributed by atoms with van der Waals surface area (Å²) in [6, 6.07) is 4.51. The van der Waals surface area contributed by atoms with E-state index in [1.54, 1.807) is 23.1 Å². The van der Waals surface area contributed by atoms with Gasteiger partial charge in [0.25, 0.3) is 0 Å². The van der Waals surface area contributed by atoms with Gasteiger partial charge in [-0.1, -0.05) is 42.2 Å². The first kappa shape index (κ1) is 15.8. The fraction of sp³-hybridized carbons (Fsp3) is 0.500. The van der Waals surface area contributed by atoms with E-state index >= 15 is 0 Å². The van der Waals surface area contributed by atoms with E-state index in [1.165, 1.54) is 32.1 Å². The molecule has 6 nitrogen and oxygen atoms in total. The molecule has 0 radical (unpaired) electrons. The Balaban J connectivity index is 1.46. The molecular weight excluding hydrogens is 342 g/mol. The minimum absolute atomic E-state index is 0.528. The normalized spacial score (nSPS) is 15.9. The predicted molar refractivity (Wildman–Crippen MR) is 94.1 cm³/mol. The van der Waals surface area contributed by atoms with Gasteiger partial charge in [-0.25, -0.2) is 0 Å². The van der Waals surface area contributed by atoms with E-state index in [0.29, 0.717) is 23.5 Å². The summed E-state index contributed by atoms with van der Waals surface area (Å²) in [5.74, 6) is 2.89. The average molecular weight is 361 g/mol. The molecule has 3 aromatic heterocycles. The number of rotatable bonds is 5. The van der Waals surface area contributed by atoms with Crippen LogP contribution in [0.15, 0.2) is 27.2 Å². The molecule has 1 aliphatic carbocycles. The molecule has 0 spiro atoms. The summed E-state index contributed by atoms with van der Waals surface area (Å²) >= 11 is 3.23. The van der Waals surface area contributed by atoms with Crippen molar-refractivity contribution in [2.75, 3.05) is 0 Å². The SMILES string of the molecule is Cc1nnc(SCc2nc(-c3cccs3)no2)n1C1CCCCC1. The molecule has 0 saturated heterocycles. The summed E-state index contributed by atoms with van der Waals surface area (Å²) in [5.41, 5.74) is 0. The van der Waals surface area contributed by atoms with Crippen molar-refractivity contribution in [3.05, 3.63) is 29.2 Å². The van der Waals surface area contributed by atoms with Gasteiger partial charge in [-0.15, -0.1) is 21.5 Å². The zero-order valence-corrected chi connectivity index (χ0v) is 15.1. The molecule has 3 aromatic rings. The van der Waals surface area contributed by atoms with Gasteiger partial charge in [0.1, 0.15) is 5.82 Å². The van der Waals surface area contributed by atoms with Crippen molar-refractivity contribution in [1.29, 1.82) is 0 Å². The number of aryl methyl sites for hydroxylation is 1. The van der Waals surface area contributed by atoms with E-state index in [-0.39, 0.29) is 0 Å². The highest BCUT2D eigenvalue weighted by atomic mass is 32.2. The predicted octanol–water partition coefficient (Wildman–Crippen LogP) is 4.50. The summed E-state index contributed by atoms with van der Waals surface area (Å²) in [5, 5.41) is 15.6. The van der Waals surface area contributed by atoms with Crippen LogP contribution in [-0.4, -0.2) is 24.9 Å². The van der Waals surface area contributed by atoms with Crippen LogP contribution in [0.25, 0.3) is 10.7 Å². The van der Waals surface area contributed by atoms with E-state index in [0.717, 1.165) is 15.9 Å². The van der Waals surface area contributed by atoms with Crippen LogP contribution >= 0.6 is 23.1 Å². The van der Waals surface area contributed by atoms with Gasteiger partial charge in [-0.05, 0) is 31.2 Å². The Hall–Kier alpha value is -1.67. The van der Waals surface area contributed by atoms with Gasteiger partial charge >= 0.3 is 0 Å². The van der Waals surface area contributed by atoms with Crippen LogP contribution in [0.4, 0.5) is 0 Å². The molecule has 0 N–H and O–H groups in total. The molecule has 0 aromatic carbocycles. The van der Waals surface area contributed by atoms with Crippen molar-refractivity contribution in [1.82, 2.24) is 24.9 Å². The highest BCUT2D eigenvalue weighted by Crippen LogP contribution is 2.33. The number of hydrogen-bond acceptors (Lipinski definition) is 7. The van der Waals surface area contributed by atoms with Crippen molar-refractivity contribution >= 4 is 23.1 Å². The maximum absolute atomic E-state index is 5.37. The van der Waals surface area contributed by atoms with Crippen LogP contribution in [0.3, 0.4) is 0 Å². The van der Waals surface area contributed by atoms with Crippen molar-refractivity contribution < 1.29 is 4.52 Å². The van der Waals surface area contributed by atoms with Crippen LogP contribution in [0.5, 0.6) is 0 Å². The molecule has 4 rings (SSSR count). The van der Waals surface area contributed by atoms with Crippen molar-refractivity contribution in [3.63, 3.8) is 0 Å². The highest BCUT2D eigenvalue weighted by Gasteiger charge is 2.22. The summed E-state index contributed by atoms with van der Waals surface area (Å²) in [4.78, 5) is 5.50. The van der Waals surface area contributed by atoms with Gasteiger partial charge in [-0.2, -0.15) is 4.98 Å². The molecule has 24 heavy (non-hydrogen) atoms. The summed E-state index contributed by atoms with van der Waals surface area (Å²) in [6.07, 6.45) is 6.36. The van der Waals surface area contributed by atoms with Crippen LogP contribution in [0.1, 0.15) is 49.9 Å². The van der Waals surface area contributed by atoms with E-state index in [4.69, 9.17) is 4.52 Å². The standard InChI is InChI=1S/C16H19N5OS2/c1-11-18-19-16(21(11)12-6-3-2-4-7-12)24-10-14-17-15(20-22-14)13-8-5-9-23-13/h5,8-9,12H,2-4,6-7,10H2,1H3. The average Bonchev–Trinajstić information content (AvgIpc) is 3.34. The molecular formula is C16H19N5OS2. The first-order chi connectivity index (χ1) is 11.8. The molecule has 0 amide bonds. The Morgan fingerprint density at radius 1 is 1.29 bits per heavy atom. The van der Waals surface area contributed by atoms with Gasteiger partial charge in [0.05, 0.1) is 10.6 Å². The topological polar surface area (TPSA) is 69.6 Å².